The standard InChI is InChI=1S/C21H23NO4/c23-21(17-6-7-19-16(12-17)8-11-25-19)22-18-14-24-10-9-20(18)26-13-15-4-2-1-3-5-15/h1-7,12,18,20H,8-11,13-14H2,(H,22,23)/t18-,20+/m1/s1. The van der Waals surface area contributed by atoms with Crippen molar-refractivity contribution in [2.45, 2.75) is 31.6 Å². The fourth-order valence-electron chi connectivity index (χ4n) is 3.41. The van der Waals surface area contributed by atoms with E-state index in [9.17, 15) is 4.79 Å². The van der Waals surface area contributed by atoms with Crippen molar-refractivity contribution in [2.24, 2.45) is 0 Å². The van der Waals surface area contributed by atoms with Gasteiger partial charge in [-0.3, -0.25) is 4.79 Å². The number of nitrogens with one attached hydrogen (secondary N) is 1. The molecule has 2 aromatic carbocycles. The van der Waals surface area contributed by atoms with Crippen molar-refractivity contribution in [3.8, 4) is 5.75 Å². The molecule has 2 aromatic rings. The molecule has 26 heavy (non-hydrogen) atoms. The van der Waals surface area contributed by atoms with Crippen LogP contribution in [-0.2, 0) is 22.5 Å². The van der Waals surface area contributed by atoms with Gasteiger partial charge in [0.1, 0.15) is 5.75 Å². The Morgan fingerprint density at radius 2 is 2.04 bits per heavy atom. The molecule has 2 atom stereocenters. The van der Waals surface area contributed by atoms with Gasteiger partial charge in [0.25, 0.3) is 5.91 Å². The molecule has 0 saturated carbocycles. The average Bonchev–Trinajstić information content (AvgIpc) is 3.16. The summed E-state index contributed by atoms with van der Waals surface area (Å²) < 4.78 is 17.1. The second-order valence-electron chi connectivity index (χ2n) is 6.70. The molecule has 2 aliphatic rings. The maximum atomic E-state index is 12.7. The highest BCUT2D eigenvalue weighted by Crippen LogP contribution is 2.26. The van der Waals surface area contributed by atoms with Crippen LogP contribution in [0.15, 0.2) is 48.5 Å². The number of rotatable bonds is 5. The first-order valence-electron chi connectivity index (χ1n) is 9.09. The summed E-state index contributed by atoms with van der Waals surface area (Å²) in [5.41, 5.74) is 2.87. The van der Waals surface area contributed by atoms with E-state index in [0.29, 0.717) is 32.0 Å². The minimum Gasteiger partial charge on any atom is -0.493 e. The van der Waals surface area contributed by atoms with Crippen LogP contribution in [0.4, 0.5) is 0 Å². The van der Waals surface area contributed by atoms with E-state index in [4.69, 9.17) is 14.2 Å². The first-order chi connectivity index (χ1) is 12.8. The third kappa shape index (κ3) is 3.89. The van der Waals surface area contributed by atoms with Gasteiger partial charge in [0.15, 0.2) is 0 Å². The fraction of sp³-hybridized carbons (Fsp3) is 0.381. The summed E-state index contributed by atoms with van der Waals surface area (Å²) in [6.45, 7) is 2.35. The van der Waals surface area contributed by atoms with Gasteiger partial charge in [-0.25, -0.2) is 0 Å². The van der Waals surface area contributed by atoms with Crippen molar-refractivity contribution >= 4 is 5.91 Å². The van der Waals surface area contributed by atoms with E-state index in [1.807, 2.05) is 48.5 Å². The molecule has 2 aliphatic heterocycles. The number of carbonyl (C=O) groups excluding carboxylic acids is 1. The number of ether oxygens (including phenoxy) is 3. The average molecular weight is 353 g/mol. The Kier molecular flexibility index (Phi) is 5.18. The molecule has 2 heterocycles. The van der Waals surface area contributed by atoms with E-state index < -0.39 is 0 Å². The highest BCUT2D eigenvalue weighted by Gasteiger charge is 2.28. The van der Waals surface area contributed by atoms with Crippen LogP contribution in [0.2, 0.25) is 0 Å². The van der Waals surface area contributed by atoms with Crippen LogP contribution >= 0.6 is 0 Å². The van der Waals surface area contributed by atoms with Crippen molar-refractivity contribution in [3.05, 3.63) is 65.2 Å². The predicted octanol–water partition coefficient (Wildman–Crippen LogP) is 2.73. The van der Waals surface area contributed by atoms with Crippen LogP contribution in [0.5, 0.6) is 5.75 Å². The molecule has 136 valence electrons. The van der Waals surface area contributed by atoms with Gasteiger partial charge in [-0.15, -0.1) is 0 Å². The smallest absolute Gasteiger partial charge is 0.251 e. The number of hydrogen-bond donors (Lipinski definition) is 1. The monoisotopic (exact) mass is 353 g/mol. The second-order valence-corrected chi connectivity index (χ2v) is 6.70. The number of hydrogen-bond acceptors (Lipinski definition) is 4. The van der Waals surface area contributed by atoms with E-state index in [1.54, 1.807) is 0 Å². The Hall–Kier alpha value is -2.37. The summed E-state index contributed by atoms with van der Waals surface area (Å²) in [6.07, 6.45) is 1.58. The minimum absolute atomic E-state index is 0.0503. The molecular weight excluding hydrogens is 330 g/mol. The van der Waals surface area contributed by atoms with Gasteiger partial charge in [0, 0.05) is 18.6 Å². The van der Waals surface area contributed by atoms with Crippen LogP contribution in [0.3, 0.4) is 0 Å². The summed E-state index contributed by atoms with van der Waals surface area (Å²) in [5, 5.41) is 3.08. The molecule has 0 bridgehead atoms. The second kappa shape index (κ2) is 7.89. The Bertz CT molecular complexity index is 762. The van der Waals surface area contributed by atoms with Gasteiger partial charge in [-0.2, -0.15) is 0 Å². The minimum atomic E-state index is -0.149. The zero-order chi connectivity index (χ0) is 17.8. The van der Waals surface area contributed by atoms with Crippen molar-refractivity contribution in [3.63, 3.8) is 0 Å². The maximum Gasteiger partial charge on any atom is 0.251 e. The number of benzene rings is 2. The van der Waals surface area contributed by atoms with Crippen LogP contribution in [-0.4, -0.2) is 37.9 Å². The van der Waals surface area contributed by atoms with E-state index in [0.717, 1.165) is 29.7 Å². The Balaban J connectivity index is 1.39. The number of fused-ring (bicyclic) bond motifs is 1. The highest BCUT2D eigenvalue weighted by atomic mass is 16.5. The quantitative estimate of drug-likeness (QED) is 0.898. The van der Waals surface area contributed by atoms with Crippen molar-refractivity contribution in [2.75, 3.05) is 19.8 Å². The van der Waals surface area contributed by atoms with Crippen molar-refractivity contribution in [1.29, 1.82) is 0 Å². The van der Waals surface area contributed by atoms with Gasteiger partial charge in [-0.05, 0) is 35.7 Å². The van der Waals surface area contributed by atoms with E-state index in [1.165, 1.54) is 0 Å². The molecule has 0 unspecified atom stereocenters. The molecule has 0 aromatic heterocycles. The largest absolute Gasteiger partial charge is 0.493 e. The van der Waals surface area contributed by atoms with Crippen LogP contribution in [0.1, 0.15) is 27.9 Å². The molecule has 1 N–H and O–H groups in total. The van der Waals surface area contributed by atoms with Crippen LogP contribution < -0.4 is 10.1 Å². The maximum absolute atomic E-state index is 12.7. The van der Waals surface area contributed by atoms with E-state index in [-0.39, 0.29) is 18.1 Å². The predicted molar refractivity (Wildman–Crippen MR) is 97.4 cm³/mol. The Labute approximate surface area is 153 Å². The van der Waals surface area contributed by atoms with Gasteiger partial charge < -0.3 is 19.5 Å². The summed E-state index contributed by atoms with van der Waals surface area (Å²) in [7, 11) is 0. The van der Waals surface area contributed by atoms with E-state index >= 15 is 0 Å². The van der Waals surface area contributed by atoms with Crippen molar-refractivity contribution in [1.82, 2.24) is 5.32 Å². The first kappa shape index (κ1) is 17.1. The lowest BCUT2D eigenvalue weighted by atomic mass is 10.0. The first-order valence-corrected chi connectivity index (χ1v) is 9.09. The molecule has 4 rings (SSSR count). The molecule has 1 saturated heterocycles. The lowest BCUT2D eigenvalue weighted by molar-refractivity contribution is -0.0605. The van der Waals surface area contributed by atoms with Crippen LogP contribution in [0, 0.1) is 0 Å². The van der Waals surface area contributed by atoms with Gasteiger partial charge in [0.2, 0.25) is 0 Å². The number of carbonyl (C=O) groups is 1. The van der Waals surface area contributed by atoms with Crippen LogP contribution in [0.25, 0.3) is 0 Å². The molecule has 5 heteroatoms. The third-order valence-corrected chi connectivity index (χ3v) is 4.87. The molecule has 1 amide bonds. The number of amides is 1. The molecule has 0 radical (unpaired) electrons. The topological polar surface area (TPSA) is 56.8 Å². The molecular formula is C21H23NO4. The molecule has 5 nitrogen and oxygen atoms in total. The highest BCUT2D eigenvalue weighted by molar-refractivity contribution is 5.94. The summed E-state index contributed by atoms with van der Waals surface area (Å²) in [4.78, 5) is 12.7. The Morgan fingerprint density at radius 1 is 1.15 bits per heavy atom. The summed E-state index contributed by atoms with van der Waals surface area (Å²) in [6, 6.07) is 15.5. The molecule has 1 fully saturated rings. The van der Waals surface area contributed by atoms with Gasteiger partial charge >= 0.3 is 0 Å². The zero-order valence-corrected chi connectivity index (χ0v) is 14.6. The van der Waals surface area contributed by atoms with Gasteiger partial charge in [0.05, 0.1) is 32.0 Å². The Morgan fingerprint density at radius 3 is 2.92 bits per heavy atom. The van der Waals surface area contributed by atoms with Gasteiger partial charge in [-0.1, -0.05) is 30.3 Å². The normalized spacial score (nSPS) is 21.7. The SMILES string of the molecule is O=C(N[C@@H]1COCC[C@@H]1OCc1ccccc1)c1ccc2c(c1)CCO2. The fourth-order valence-corrected chi connectivity index (χ4v) is 3.41. The summed E-state index contributed by atoms with van der Waals surface area (Å²) >= 11 is 0. The lowest BCUT2D eigenvalue weighted by Gasteiger charge is -2.32. The molecule has 0 aliphatic carbocycles. The molecule has 0 spiro atoms. The lowest BCUT2D eigenvalue weighted by Crippen LogP contribution is -2.50. The summed E-state index contributed by atoms with van der Waals surface area (Å²) in [5.74, 6) is 0.787. The zero-order valence-electron chi connectivity index (χ0n) is 14.6. The van der Waals surface area contributed by atoms with Crippen molar-refractivity contribution < 1.29 is 19.0 Å². The van der Waals surface area contributed by atoms with E-state index in [2.05, 4.69) is 5.32 Å². The third-order valence-electron chi connectivity index (χ3n) is 4.87.